The largest absolute Gasteiger partial charge is 0.337 e. The van der Waals surface area contributed by atoms with Gasteiger partial charge in [-0.05, 0) is 35.6 Å². The Morgan fingerprint density at radius 1 is 1.00 bits per heavy atom. The molecule has 0 radical (unpaired) electrons. The third kappa shape index (κ3) is 4.83. The summed E-state index contributed by atoms with van der Waals surface area (Å²) >= 11 is 1.66. The van der Waals surface area contributed by atoms with Crippen molar-refractivity contribution in [1.82, 2.24) is 14.7 Å². The molecule has 0 N–H and O–H groups in total. The summed E-state index contributed by atoms with van der Waals surface area (Å²) in [6.07, 6.45) is 2.48. The molecule has 2 aromatic heterocycles. The molecule has 0 saturated heterocycles. The van der Waals surface area contributed by atoms with Gasteiger partial charge in [0.1, 0.15) is 0 Å². The van der Waals surface area contributed by atoms with Gasteiger partial charge in [0.25, 0.3) is 0 Å². The molecule has 0 saturated carbocycles. The number of thiophene rings is 1. The van der Waals surface area contributed by atoms with Gasteiger partial charge < -0.3 is 4.90 Å². The molecule has 152 valence electrons. The minimum Gasteiger partial charge on any atom is -0.337 e. The van der Waals surface area contributed by atoms with Crippen molar-refractivity contribution in [1.29, 1.82) is 0 Å². The lowest BCUT2D eigenvalue weighted by molar-refractivity contribution is -0.132. The van der Waals surface area contributed by atoms with Gasteiger partial charge in [0, 0.05) is 23.2 Å². The standard InChI is InChI=1S/C24H23N3O2S/c28-23-17-25-27(22-11-5-4-10-21(22)23)15-13-24(29)26(18-20-9-6-16-30-20)14-12-19-7-2-1-3-8-19/h1-11,16-17H,12-15,18H2. The highest BCUT2D eigenvalue weighted by Gasteiger charge is 2.15. The maximum absolute atomic E-state index is 13.1. The number of hydrogen-bond acceptors (Lipinski definition) is 4. The molecule has 0 aliphatic heterocycles. The van der Waals surface area contributed by atoms with E-state index in [1.807, 2.05) is 52.7 Å². The number of amides is 1. The second kappa shape index (κ2) is 9.50. The molecule has 5 nitrogen and oxygen atoms in total. The highest BCUT2D eigenvalue weighted by molar-refractivity contribution is 7.09. The van der Waals surface area contributed by atoms with Crippen LogP contribution in [0.3, 0.4) is 0 Å². The fraction of sp³-hybridized carbons (Fsp3) is 0.208. The van der Waals surface area contributed by atoms with Crippen LogP contribution in [0, 0.1) is 0 Å². The number of nitrogens with zero attached hydrogens (tertiary/aromatic N) is 3. The van der Waals surface area contributed by atoms with Gasteiger partial charge in [0.2, 0.25) is 11.3 Å². The molecule has 0 aliphatic rings. The molecule has 2 heterocycles. The highest BCUT2D eigenvalue weighted by Crippen LogP contribution is 2.15. The molecule has 6 heteroatoms. The van der Waals surface area contributed by atoms with E-state index in [0.717, 1.165) is 11.9 Å². The van der Waals surface area contributed by atoms with Crippen molar-refractivity contribution >= 4 is 28.1 Å². The third-order valence-electron chi connectivity index (χ3n) is 5.09. The second-order valence-electron chi connectivity index (χ2n) is 7.13. The zero-order valence-corrected chi connectivity index (χ0v) is 17.4. The molecule has 0 aliphatic carbocycles. The Balaban J connectivity index is 1.47. The highest BCUT2D eigenvalue weighted by atomic mass is 32.1. The zero-order chi connectivity index (χ0) is 20.8. The van der Waals surface area contributed by atoms with Crippen LogP contribution in [0.25, 0.3) is 10.9 Å². The quantitative estimate of drug-likeness (QED) is 0.433. The SMILES string of the molecule is O=C(CCn1ncc(=O)c2ccccc21)N(CCc1ccccc1)Cc1cccs1. The Morgan fingerprint density at radius 2 is 1.80 bits per heavy atom. The number of para-hydroxylation sites is 1. The maximum atomic E-state index is 13.1. The van der Waals surface area contributed by atoms with E-state index in [-0.39, 0.29) is 11.3 Å². The first-order chi connectivity index (χ1) is 14.7. The van der Waals surface area contributed by atoms with Gasteiger partial charge >= 0.3 is 0 Å². The molecule has 0 fully saturated rings. The number of carbonyl (C=O) groups excluding carboxylic acids is 1. The molecule has 0 bridgehead atoms. The first-order valence-corrected chi connectivity index (χ1v) is 10.9. The Labute approximate surface area is 179 Å². The van der Waals surface area contributed by atoms with Crippen LogP contribution in [0.2, 0.25) is 0 Å². The van der Waals surface area contributed by atoms with E-state index in [9.17, 15) is 9.59 Å². The molecule has 30 heavy (non-hydrogen) atoms. The van der Waals surface area contributed by atoms with Crippen LogP contribution in [0.5, 0.6) is 0 Å². The molecular weight excluding hydrogens is 394 g/mol. The van der Waals surface area contributed by atoms with Crippen molar-refractivity contribution in [2.24, 2.45) is 0 Å². The van der Waals surface area contributed by atoms with Gasteiger partial charge in [0.05, 0.1) is 24.8 Å². The summed E-state index contributed by atoms with van der Waals surface area (Å²) in [5, 5.41) is 6.90. The van der Waals surface area contributed by atoms with E-state index >= 15 is 0 Å². The Bertz CT molecular complexity index is 1170. The average molecular weight is 418 g/mol. The molecular formula is C24H23N3O2S. The topological polar surface area (TPSA) is 55.2 Å². The van der Waals surface area contributed by atoms with Crippen LogP contribution in [0.1, 0.15) is 16.9 Å². The van der Waals surface area contributed by atoms with Crippen molar-refractivity contribution in [2.75, 3.05) is 6.54 Å². The number of aryl methyl sites for hydroxylation is 1. The Kier molecular flexibility index (Phi) is 6.35. The molecule has 4 aromatic rings. The fourth-order valence-corrected chi connectivity index (χ4v) is 4.21. The van der Waals surface area contributed by atoms with Crippen molar-refractivity contribution in [2.45, 2.75) is 25.9 Å². The normalized spacial score (nSPS) is 10.9. The second-order valence-corrected chi connectivity index (χ2v) is 8.16. The van der Waals surface area contributed by atoms with Crippen molar-refractivity contribution < 1.29 is 4.79 Å². The van der Waals surface area contributed by atoms with E-state index in [2.05, 4.69) is 23.3 Å². The average Bonchev–Trinajstić information content (AvgIpc) is 3.30. The number of hydrogen-bond donors (Lipinski definition) is 0. The molecule has 2 aromatic carbocycles. The number of fused-ring (bicyclic) bond motifs is 1. The summed E-state index contributed by atoms with van der Waals surface area (Å²) < 4.78 is 1.75. The van der Waals surface area contributed by atoms with Gasteiger partial charge in [0.15, 0.2) is 0 Å². The van der Waals surface area contributed by atoms with Gasteiger partial charge in [-0.25, -0.2) is 0 Å². The Hall–Kier alpha value is -3.25. The molecule has 1 amide bonds. The van der Waals surface area contributed by atoms with E-state index in [4.69, 9.17) is 0 Å². The van der Waals surface area contributed by atoms with Crippen LogP contribution >= 0.6 is 11.3 Å². The summed E-state index contributed by atoms with van der Waals surface area (Å²) in [6, 6.07) is 21.7. The van der Waals surface area contributed by atoms with Crippen LogP contribution < -0.4 is 5.43 Å². The van der Waals surface area contributed by atoms with Gasteiger partial charge in [-0.2, -0.15) is 5.10 Å². The predicted octanol–water partition coefficient (Wildman–Crippen LogP) is 4.12. The van der Waals surface area contributed by atoms with Crippen molar-refractivity contribution in [3.63, 3.8) is 0 Å². The van der Waals surface area contributed by atoms with Gasteiger partial charge in [-0.3, -0.25) is 14.3 Å². The maximum Gasteiger partial charge on any atom is 0.224 e. The minimum absolute atomic E-state index is 0.0870. The van der Waals surface area contributed by atoms with E-state index < -0.39 is 0 Å². The predicted molar refractivity (Wildman–Crippen MR) is 121 cm³/mol. The monoisotopic (exact) mass is 417 g/mol. The fourth-order valence-electron chi connectivity index (χ4n) is 3.49. The first-order valence-electron chi connectivity index (χ1n) is 9.99. The summed E-state index contributed by atoms with van der Waals surface area (Å²) in [4.78, 5) is 28.2. The summed E-state index contributed by atoms with van der Waals surface area (Å²) in [5.41, 5.74) is 1.87. The van der Waals surface area contributed by atoms with Crippen LogP contribution in [0.15, 0.2) is 83.1 Å². The first kappa shape index (κ1) is 20.0. The number of benzene rings is 2. The Morgan fingerprint density at radius 3 is 2.60 bits per heavy atom. The zero-order valence-electron chi connectivity index (χ0n) is 16.6. The van der Waals surface area contributed by atoms with Crippen molar-refractivity contribution in [3.05, 3.63) is 99.0 Å². The van der Waals surface area contributed by atoms with Gasteiger partial charge in [-0.15, -0.1) is 11.3 Å². The molecule has 0 unspecified atom stereocenters. The summed E-state index contributed by atoms with van der Waals surface area (Å²) in [7, 11) is 0. The van der Waals surface area contributed by atoms with Gasteiger partial charge in [-0.1, -0.05) is 48.5 Å². The lowest BCUT2D eigenvalue weighted by Crippen LogP contribution is -2.33. The lowest BCUT2D eigenvalue weighted by Gasteiger charge is -2.23. The molecule has 4 rings (SSSR count). The van der Waals surface area contributed by atoms with E-state index in [0.29, 0.717) is 31.4 Å². The van der Waals surface area contributed by atoms with E-state index in [1.165, 1.54) is 16.6 Å². The van der Waals surface area contributed by atoms with Crippen LogP contribution in [-0.2, 0) is 24.3 Å². The smallest absolute Gasteiger partial charge is 0.224 e. The van der Waals surface area contributed by atoms with Crippen LogP contribution in [0.4, 0.5) is 0 Å². The van der Waals surface area contributed by atoms with Crippen molar-refractivity contribution in [3.8, 4) is 0 Å². The third-order valence-corrected chi connectivity index (χ3v) is 5.95. The lowest BCUT2D eigenvalue weighted by atomic mass is 10.1. The molecule has 0 spiro atoms. The van der Waals surface area contributed by atoms with Crippen LogP contribution in [-0.4, -0.2) is 27.1 Å². The number of carbonyl (C=O) groups is 1. The minimum atomic E-state index is -0.102. The van der Waals surface area contributed by atoms with E-state index in [1.54, 1.807) is 22.1 Å². The number of aromatic nitrogens is 2. The summed E-state index contributed by atoms with van der Waals surface area (Å²) in [5.74, 6) is 0.0870. The summed E-state index contributed by atoms with van der Waals surface area (Å²) in [6.45, 7) is 1.71. The number of rotatable bonds is 8. The molecule has 0 atom stereocenters.